The number of halogens is 1. The molecule has 1 heterocycles. The third-order valence-electron chi connectivity index (χ3n) is 4.13. The molecule has 0 saturated heterocycles. The van der Waals surface area contributed by atoms with E-state index in [2.05, 4.69) is 23.6 Å². The Hall–Kier alpha value is -2.88. The lowest BCUT2D eigenvalue weighted by Crippen LogP contribution is -2.18. The highest BCUT2D eigenvalue weighted by molar-refractivity contribution is 6.32. The molecule has 0 aromatic heterocycles. The van der Waals surface area contributed by atoms with E-state index in [0.717, 1.165) is 18.4 Å². The van der Waals surface area contributed by atoms with Crippen molar-refractivity contribution in [3.63, 3.8) is 0 Å². The average molecular weight is 386 g/mol. The van der Waals surface area contributed by atoms with Crippen LogP contribution in [0.5, 0.6) is 0 Å². The summed E-state index contributed by atoms with van der Waals surface area (Å²) >= 11 is 6.34. The number of carboxylic acid groups (broad SMARTS) is 1. The first-order valence-electron chi connectivity index (χ1n) is 8.32. The first-order chi connectivity index (χ1) is 13.0. The van der Waals surface area contributed by atoms with Crippen molar-refractivity contribution in [1.82, 2.24) is 0 Å². The van der Waals surface area contributed by atoms with Crippen molar-refractivity contribution in [1.29, 1.82) is 0 Å². The quantitative estimate of drug-likeness (QED) is 0.476. The minimum Gasteiger partial charge on any atom is -0.479 e. The number of aliphatic hydroxyl groups excluding tert-OH is 1. The maximum Gasteiger partial charge on any atom is 0.504 e. The smallest absolute Gasteiger partial charge is 0.479 e. The van der Waals surface area contributed by atoms with Crippen molar-refractivity contribution < 1.29 is 24.3 Å². The molecule has 1 aromatic rings. The number of nitrogens with zero attached hydrogens (tertiary/aromatic N) is 2. The highest BCUT2D eigenvalue weighted by atomic mass is 35.5. The number of hydrogen-bond donors (Lipinski definition) is 2. The first-order valence-corrected chi connectivity index (χ1v) is 8.70. The van der Waals surface area contributed by atoms with Crippen LogP contribution in [0.3, 0.4) is 0 Å². The van der Waals surface area contributed by atoms with Crippen molar-refractivity contribution in [3.05, 3.63) is 46.5 Å². The maximum atomic E-state index is 10.7. The molecule has 0 radical (unpaired) electrons. The summed E-state index contributed by atoms with van der Waals surface area (Å²) in [5.74, 6) is 5.21. The fraction of sp³-hybridized carbons (Fsp3) is 0.250. The van der Waals surface area contributed by atoms with E-state index in [1.807, 2.05) is 18.2 Å². The van der Waals surface area contributed by atoms with E-state index in [9.17, 15) is 9.90 Å². The van der Waals surface area contributed by atoms with Gasteiger partial charge in [-0.2, -0.15) is 4.58 Å². The zero-order valence-electron chi connectivity index (χ0n) is 14.5. The number of hydrogen-bond acceptors (Lipinski definition) is 4. The standard InChI is InChI=1S/C20H17ClN2O4/c1-23-18-10-16(21)15(9-17(18)22-20(23)27-12-19(25)26)8-7-13-3-2-4-14(11-24)6-5-13/h2-3,6,9-10,13,24H,1,4-5,11-12H2/p+1. The SMILES string of the molecule is C=[N+]1C(OCC(=O)O)=Nc2cc(C#CC3C=CCC(CO)=CC3)c(Cl)cc21. The Balaban J connectivity index is 1.82. The van der Waals surface area contributed by atoms with Crippen molar-refractivity contribution in [2.45, 2.75) is 12.8 Å². The molecule has 0 bridgehead atoms. The molecule has 0 fully saturated rings. The van der Waals surface area contributed by atoms with Crippen LogP contribution in [0.4, 0.5) is 11.4 Å². The number of allylic oxidation sites excluding steroid dienone is 3. The van der Waals surface area contributed by atoms with Gasteiger partial charge in [-0.1, -0.05) is 41.7 Å². The lowest BCUT2D eigenvalue weighted by molar-refractivity contribution is -0.316. The van der Waals surface area contributed by atoms with E-state index < -0.39 is 12.6 Å². The van der Waals surface area contributed by atoms with Gasteiger partial charge in [0.15, 0.2) is 12.3 Å². The minimum absolute atomic E-state index is 0.0423. The molecular formula is C20H18ClN2O4+. The summed E-state index contributed by atoms with van der Waals surface area (Å²) in [6, 6.07) is 3.51. The number of aliphatic imine (C=N–C) groups is 1. The zero-order valence-corrected chi connectivity index (χ0v) is 15.2. The van der Waals surface area contributed by atoms with Crippen LogP contribution in [0.2, 0.25) is 5.02 Å². The van der Waals surface area contributed by atoms with Crippen LogP contribution in [-0.2, 0) is 9.53 Å². The van der Waals surface area contributed by atoms with Gasteiger partial charge in [-0.15, -0.1) is 0 Å². The zero-order chi connectivity index (χ0) is 19.4. The van der Waals surface area contributed by atoms with E-state index in [0.29, 0.717) is 22.0 Å². The Morgan fingerprint density at radius 2 is 2.30 bits per heavy atom. The van der Waals surface area contributed by atoms with Crippen LogP contribution in [0.1, 0.15) is 18.4 Å². The fourth-order valence-corrected chi connectivity index (χ4v) is 2.91. The topological polar surface area (TPSA) is 82.1 Å². The van der Waals surface area contributed by atoms with Crippen LogP contribution in [0.25, 0.3) is 0 Å². The lowest BCUT2D eigenvalue weighted by atomic mass is 10.0. The van der Waals surface area contributed by atoms with Crippen molar-refractivity contribution in [2.24, 2.45) is 10.9 Å². The van der Waals surface area contributed by atoms with Crippen LogP contribution in [-0.4, -0.2) is 46.7 Å². The molecule has 6 nitrogen and oxygen atoms in total. The van der Waals surface area contributed by atoms with Gasteiger partial charge >= 0.3 is 12.0 Å². The summed E-state index contributed by atoms with van der Waals surface area (Å²) in [6.07, 6.45) is 7.53. The van der Waals surface area contributed by atoms with E-state index in [4.69, 9.17) is 21.4 Å². The maximum absolute atomic E-state index is 10.7. The molecule has 138 valence electrons. The summed E-state index contributed by atoms with van der Waals surface area (Å²) in [7, 11) is 0. The van der Waals surface area contributed by atoms with Crippen molar-refractivity contribution in [3.8, 4) is 11.8 Å². The molecular weight excluding hydrogens is 368 g/mol. The molecule has 0 amide bonds. The van der Waals surface area contributed by atoms with Gasteiger partial charge in [0.05, 0.1) is 18.3 Å². The number of fused-ring (bicyclic) bond motifs is 1. The van der Waals surface area contributed by atoms with Crippen LogP contribution < -0.4 is 0 Å². The molecule has 3 rings (SSSR count). The van der Waals surface area contributed by atoms with Gasteiger partial charge < -0.3 is 14.9 Å². The van der Waals surface area contributed by atoms with Crippen LogP contribution in [0.15, 0.2) is 40.9 Å². The van der Waals surface area contributed by atoms with Gasteiger partial charge in [-0.3, -0.25) is 0 Å². The van der Waals surface area contributed by atoms with Gasteiger partial charge in [0.25, 0.3) is 0 Å². The predicted molar refractivity (Wildman–Crippen MR) is 103 cm³/mol. The number of aliphatic hydroxyl groups is 1. The van der Waals surface area contributed by atoms with Gasteiger partial charge in [-0.25, -0.2) is 4.79 Å². The molecule has 27 heavy (non-hydrogen) atoms. The average Bonchev–Trinajstić information content (AvgIpc) is 2.82. The molecule has 2 aliphatic rings. The Morgan fingerprint density at radius 3 is 3.04 bits per heavy atom. The van der Waals surface area contributed by atoms with Crippen LogP contribution >= 0.6 is 11.6 Å². The second-order valence-electron chi connectivity index (χ2n) is 6.09. The molecule has 0 saturated carbocycles. The van der Waals surface area contributed by atoms with Crippen molar-refractivity contribution in [2.75, 3.05) is 13.2 Å². The number of carbonyl (C=O) groups is 1. The van der Waals surface area contributed by atoms with Crippen molar-refractivity contribution >= 4 is 41.7 Å². The fourth-order valence-electron chi connectivity index (χ4n) is 2.70. The molecule has 0 spiro atoms. The highest BCUT2D eigenvalue weighted by Crippen LogP contribution is 2.37. The summed E-state index contributed by atoms with van der Waals surface area (Å²) in [5.41, 5.74) is 2.80. The molecule has 1 aromatic carbocycles. The third-order valence-corrected chi connectivity index (χ3v) is 4.44. The summed E-state index contributed by atoms with van der Waals surface area (Å²) in [6.45, 7) is 3.37. The van der Waals surface area contributed by atoms with E-state index in [1.54, 1.807) is 12.1 Å². The molecule has 1 aliphatic heterocycles. The molecule has 2 N–H and O–H groups in total. The monoisotopic (exact) mass is 385 g/mol. The minimum atomic E-state index is -1.10. The number of rotatable bonds is 3. The largest absolute Gasteiger partial charge is 0.504 e. The third kappa shape index (κ3) is 4.45. The summed E-state index contributed by atoms with van der Waals surface area (Å²) < 4.78 is 6.53. The number of amidine groups is 1. The number of ether oxygens (including phenoxy) is 1. The molecule has 1 atom stereocenters. The van der Waals surface area contributed by atoms with Gasteiger partial charge in [-0.05, 0) is 18.4 Å². The van der Waals surface area contributed by atoms with Gasteiger partial charge in [0.1, 0.15) is 0 Å². The second kappa shape index (κ2) is 8.21. The Labute approximate surface area is 161 Å². The molecule has 1 aliphatic carbocycles. The molecule has 1 unspecified atom stereocenters. The lowest BCUT2D eigenvalue weighted by Gasteiger charge is -2.01. The van der Waals surface area contributed by atoms with Gasteiger partial charge in [0.2, 0.25) is 5.69 Å². The molecule has 7 heteroatoms. The van der Waals surface area contributed by atoms with E-state index in [1.165, 1.54) is 4.58 Å². The Kier molecular flexibility index (Phi) is 5.75. The number of aliphatic carboxylic acids is 1. The Bertz CT molecular complexity index is 951. The van der Waals surface area contributed by atoms with E-state index >= 15 is 0 Å². The Morgan fingerprint density at radius 1 is 1.48 bits per heavy atom. The highest BCUT2D eigenvalue weighted by Gasteiger charge is 2.32. The van der Waals surface area contributed by atoms with Crippen LogP contribution in [0, 0.1) is 17.8 Å². The van der Waals surface area contributed by atoms with Gasteiger partial charge in [0, 0.05) is 28.6 Å². The first kappa shape index (κ1) is 18.9. The number of benzene rings is 1. The normalized spacial score (nSPS) is 18.0. The summed E-state index contributed by atoms with van der Waals surface area (Å²) in [4.78, 5) is 14.9. The predicted octanol–water partition coefficient (Wildman–Crippen LogP) is 3.02. The number of carboxylic acids is 1. The summed E-state index contributed by atoms with van der Waals surface area (Å²) in [5, 5.41) is 18.4. The van der Waals surface area contributed by atoms with E-state index in [-0.39, 0.29) is 18.5 Å². The second-order valence-corrected chi connectivity index (χ2v) is 6.50.